The lowest BCUT2D eigenvalue weighted by Gasteiger charge is -2.09. The van der Waals surface area contributed by atoms with Gasteiger partial charge in [0.05, 0.1) is 18.6 Å². The van der Waals surface area contributed by atoms with Gasteiger partial charge in [0.2, 0.25) is 5.91 Å². The Morgan fingerprint density at radius 3 is 2.37 bits per heavy atom. The molecule has 0 radical (unpaired) electrons. The first kappa shape index (κ1) is 20.0. The number of thioether (sulfide) groups is 1. The van der Waals surface area contributed by atoms with E-state index in [1.165, 1.54) is 17.3 Å². The molecule has 30 heavy (non-hydrogen) atoms. The van der Waals surface area contributed by atoms with Gasteiger partial charge in [-0.1, -0.05) is 59.3 Å². The number of hydrogen-bond acceptors (Lipinski definition) is 5. The lowest BCUT2D eigenvalue weighted by atomic mass is 10.1. The van der Waals surface area contributed by atoms with Crippen LogP contribution in [0.15, 0.2) is 76.5 Å². The minimum atomic E-state index is -0.0895. The van der Waals surface area contributed by atoms with Crippen molar-refractivity contribution in [2.75, 3.05) is 11.1 Å². The van der Waals surface area contributed by atoms with Crippen molar-refractivity contribution in [3.05, 3.63) is 83.8 Å². The van der Waals surface area contributed by atoms with Crippen LogP contribution in [0.5, 0.6) is 0 Å². The second kappa shape index (κ2) is 9.00. The molecule has 0 aliphatic carbocycles. The van der Waals surface area contributed by atoms with Crippen LogP contribution in [0.4, 0.5) is 5.69 Å². The summed E-state index contributed by atoms with van der Waals surface area (Å²) in [6.45, 7) is 4.55. The van der Waals surface area contributed by atoms with Crippen LogP contribution in [0.3, 0.4) is 0 Å². The highest BCUT2D eigenvalue weighted by Crippen LogP contribution is 2.26. The van der Waals surface area contributed by atoms with E-state index in [0.29, 0.717) is 11.7 Å². The number of rotatable bonds is 7. The monoisotopic (exact) mass is 418 g/mol. The number of hydrogen-bond donors (Lipinski definition) is 1. The zero-order chi connectivity index (χ0) is 20.9. The summed E-state index contributed by atoms with van der Waals surface area (Å²) in [4.78, 5) is 12.4. The highest BCUT2D eigenvalue weighted by molar-refractivity contribution is 7.99. The van der Waals surface area contributed by atoms with Crippen molar-refractivity contribution in [1.82, 2.24) is 14.8 Å². The van der Waals surface area contributed by atoms with Crippen molar-refractivity contribution < 1.29 is 9.21 Å². The van der Waals surface area contributed by atoms with E-state index in [-0.39, 0.29) is 11.7 Å². The SMILES string of the molecule is Cc1ccc(NC(=O)CSc2nnc(-c3ccc(C)cc3)n2Cc2ccco2)cc1. The molecule has 1 N–H and O–H groups in total. The average molecular weight is 419 g/mol. The first-order valence-corrected chi connectivity index (χ1v) is 10.6. The van der Waals surface area contributed by atoms with Crippen LogP contribution in [0.25, 0.3) is 11.4 Å². The second-order valence-electron chi connectivity index (χ2n) is 7.04. The molecule has 2 aromatic heterocycles. The lowest BCUT2D eigenvalue weighted by molar-refractivity contribution is -0.113. The number of nitrogens with one attached hydrogen (secondary N) is 1. The number of anilines is 1. The highest BCUT2D eigenvalue weighted by Gasteiger charge is 2.17. The smallest absolute Gasteiger partial charge is 0.234 e. The van der Waals surface area contributed by atoms with Crippen LogP contribution in [0.1, 0.15) is 16.9 Å². The Kier molecular flexibility index (Phi) is 5.99. The fraction of sp³-hybridized carbons (Fsp3) is 0.174. The summed E-state index contributed by atoms with van der Waals surface area (Å²) in [5.41, 5.74) is 4.08. The van der Waals surface area contributed by atoms with Crippen LogP contribution < -0.4 is 5.32 Å². The van der Waals surface area contributed by atoms with Crippen molar-refractivity contribution in [1.29, 1.82) is 0 Å². The maximum Gasteiger partial charge on any atom is 0.234 e. The maximum atomic E-state index is 12.4. The largest absolute Gasteiger partial charge is 0.467 e. The molecule has 0 fully saturated rings. The molecule has 0 spiro atoms. The number of amides is 1. The van der Waals surface area contributed by atoms with E-state index >= 15 is 0 Å². The first-order valence-electron chi connectivity index (χ1n) is 9.60. The molecular formula is C23H22N4O2S. The Hall–Kier alpha value is -3.32. The van der Waals surface area contributed by atoms with Gasteiger partial charge in [0, 0.05) is 11.3 Å². The maximum absolute atomic E-state index is 12.4. The van der Waals surface area contributed by atoms with Gasteiger partial charge in [-0.25, -0.2) is 0 Å². The van der Waals surface area contributed by atoms with Crippen molar-refractivity contribution in [2.24, 2.45) is 0 Å². The molecule has 2 aromatic carbocycles. The molecule has 0 saturated heterocycles. The molecule has 7 heteroatoms. The number of carbonyl (C=O) groups excluding carboxylic acids is 1. The summed E-state index contributed by atoms with van der Waals surface area (Å²) in [5, 5.41) is 12.3. The quantitative estimate of drug-likeness (QED) is 0.431. The molecule has 0 bridgehead atoms. The van der Waals surface area contributed by atoms with Gasteiger partial charge in [0.1, 0.15) is 5.76 Å². The molecule has 1 amide bonds. The molecule has 4 rings (SSSR count). The minimum absolute atomic E-state index is 0.0895. The summed E-state index contributed by atoms with van der Waals surface area (Å²) in [7, 11) is 0. The van der Waals surface area contributed by atoms with Gasteiger partial charge in [-0.05, 0) is 38.1 Å². The van der Waals surface area contributed by atoms with Gasteiger partial charge >= 0.3 is 0 Å². The number of carbonyl (C=O) groups is 1. The van der Waals surface area contributed by atoms with E-state index in [9.17, 15) is 4.79 Å². The molecule has 0 aliphatic heterocycles. The van der Waals surface area contributed by atoms with Crippen LogP contribution in [-0.2, 0) is 11.3 Å². The van der Waals surface area contributed by atoms with Gasteiger partial charge in [-0.15, -0.1) is 10.2 Å². The van der Waals surface area contributed by atoms with Crippen LogP contribution >= 0.6 is 11.8 Å². The van der Waals surface area contributed by atoms with E-state index in [0.717, 1.165) is 28.4 Å². The summed E-state index contributed by atoms with van der Waals surface area (Å²) in [6, 6.07) is 19.6. The fourth-order valence-corrected chi connectivity index (χ4v) is 3.71. The van der Waals surface area contributed by atoms with Crippen LogP contribution in [0.2, 0.25) is 0 Å². The van der Waals surface area contributed by atoms with Crippen molar-refractivity contribution >= 4 is 23.4 Å². The number of furan rings is 1. The van der Waals surface area contributed by atoms with E-state index in [1.807, 2.05) is 79.1 Å². The minimum Gasteiger partial charge on any atom is -0.467 e. The number of benzene rings is 2. The molecule has 6 nitrogen and oxygen atoms in total. The summed E-state index contributed by atoms with van der Waals surface area (Å²) in [6.07, 6.45) is 1.65. The molecule has 2 heterocycles. The number of aryl methyl sites for hydroxylation is 2. The van der Waals surface area contributed by atoms with Crippen molar-refractivity contribution in [3.63, 3.8) is 0 Å². The molecule has 0 saturated carbocycles. The molecule has 0 atom stereocenters. The van der Waals surface area contributed by atoms with Crippen molar-refractivity contribution in [3.8, 4) is 11.4 Å². The summed E-state index contributed by atoms with van der Waals surface area (Å²) < 4.78 is 7.50. The molecule has 0 aliphatic rings. The second-order valence-corrected chi connectivity index (χ2v) is 7.98. The fourth-order valence-electron chi connectivity index (χ4n) is 2.98. The topological polar surface area (TPSA) is 73.0 Å². The Bertz CT molecular complexity index is 1120. The van der Waals surface area contributed by atoms with E-state index < -0.39 is 0 Å². The van der Waals surface area contributed by atoms with E-state index in [4.69, 9.17) is 4.42 Å². The van der Waals surface area contributed by atoms with Gasteiger partial charge in [0.15, 0.2) is 11.0 Å². The van der Waals surface area contributed by atoms with Gasteiger partial charge in [-0.2, -0.15) is 0 Å². The third-order valence-electron chi connectivity index (χ3n) is 4.59. The number of aromatic nitrogens is 3. The molecule has 152 valence electrons. The number of nitrogens with zero attached hydrogens (tertiary/aromatic N) is 3. The summed E-state index contributed by atoms with van der Waals surface area (Å²) in [5.74, 6) is 1.69. The van der Waals surface area contributed by atoms with Crippen molar-refractivity contribution in [2.45, 2.75) is 25.5 Å². The Morgan fingerprint density at radius 1 is 1.00 bits per heavy atom. The third kappa shape index (κ3) is 4.80. The zero-order valence-corrected chi connectivity index (χ0v) is 17.6. The third-order valence-corrected chi connectivity index (χ3v) is 5.56. The van der Waals surface area contributed by atoms with Gasteiger partial charge < -0.3 is 9.73 Å². The Labute approximate surface area is 179 Å². The molecular weight excluding hydrogens is 396 g/mol. The zero-order valence-electron chi connectivity index (χ0n) is 16.8. The Morgan fingerprint density at radius 2 is 1.70 bits per heavy atom. The first-order chi connectivity index (χ1) is 14.6. The van der Waals surface area contributed by atoms with Crippen LogP contribution in [0, 0.1) is 13.8 Å². The Balaban J connectivity index is 1.52. The molecule has 4 aromatic rings. The average Bonchev–Trinajstić information content (AvgIpc) is 3.39. The standard InChI is InChI=1S/C23H22N4O2S/c1-16-5-9-18(10-6-16)22-25-26-23(27(22)14-20-4-3-13-29-20)30-15-21(28)24-19-11-7-17(2)8-12-19/h3-13H,14-15H2,1-2H3,(H,24,28). The van der Waals surface area contributed by atoms with Gasteiger partial charge in [-0.3, -0.25) is 9.36 Å². The predicted octanol–water partition coefficient (Wildman–Crippen LogP) is 4.93. The summed E-state index contributed by atoms with van der Waals surface area (Å²) >= 11 is 1.35. The van der Waals surface area contributed by atoms with Gasteiger partial charge in [0.25, 0.3) is 0 Å². The van der Waals surface area contributed by atoms with E-state index in [2.05, 4.69) is 15.5 Å². The molecule has 0 unspecified atom stereocenters. The lowest BCUT2D eigenvalue weighted by Crippen LogP contribution is -2.14. The highest BCUT2D eigenvalue weighted by atomic mass is 32.2. The van der Waals surface area contributed by atoms with Crippen LogP contribution in [-0.4, -0.2) is 26.4 Å². The normalized spacial score (nSPS) is 10.9. The van der Waals surface area contributed by atoms with E-state index in [1.54, 1.807) is 6.26 Å². The predicted molar refractivity (Wildman–Crippen MR) is 119 cm³/mol.